The maximum atomic E-state index is 12.4. The number of hydrogen-bond donors (Lipinski definition) is 1. The molecule has 27 heavy (non-hydrogen) atoms. The van der Waals surface area contributed by atoms with Crippen LogP contribution in [0.5, 0.6) is 5.75 Å². The second kappa shape index (κ2) is 10.5. The number of hydrogen-bond acceptors (Lipinski definition) is 4. The van der Waals surface area contributed by atoms with Gasteiger partial charge < -0.3 is 19.6 Å². The first-order valence-corrected chi connectivity index (χ1v) is 9.40. The number of methoxy groups -OCH3 is 1. The number of benzene rings is 1. The zero-order valence-corrected chi connectivity index (χ0v) is 15.9. The normalized spacial score (nSPS) is 14.1. The van der Waals surface area contributed by atoms with Crippen molar-refractivity contribution in [3.8, 4) is 5.75 Å². The fraction of sp³-hybridized carbons (Fsp3) is 0.550. The van der Waals surface area contributed by atoms with Crippen molar-refractivity contribution in [2.75, 3.05) is 33.3 Å². The largest absolute Gasteiger partial charge is 0.497 e. The standard InChI is InChI=1S/C20H28N2O5/c1-27-17-9-6-16(7-10-17)8-11-19(24)22-14-12-21(13-15-22)18(23)4-2-3-5-20(25)26/h6-7,9-10H,2-5,8,11-15H2,1H3,(H,25,26). The van der Waals surface area contributed by atoms with E-state index in [2.05, 4.69) is 0 Å². The molecule has 0 unspecified atom stereocenters. The third kappa shape index (κ3) is 6.92. The zero-order valence-electron chi connectivity index (χ0n) is 15.9. The van der Waals surface area contributed by atoms with E-state index >= 15 is 0 Å². The minimum atomic E-state index is -0.829. The van der Waals surface area contributed by atoms with Gasteiger partial charge in [0.1, 0.15) is 5.75 Å². The average molecular weight is 376 g/mol. The molecule has 2 amide bonds. The van der Waals surface area contributed by atoms with E-state index in [0.717, 1.165) is 11.3 Å². The van der Waals surface area contributed by atoms with Gasteiger partial charge in [-0.25, -0.2) is 0 Å². The Morgan fingerprint density at radius 3 is 1.93 bits per heavy atom. The summed E-state index contributed by atoms with van der Waals surface area (Å²) in [5.74, 6) is 0.128. The van der Waals surface area contributed by atoms with Crippen LogP contribution in [0.3, 0.4) is 0 Å². The van der Waals surface area contributed by atoms with Gasteiger partial charge >= 0.3 is 5.97 Å². The van der Waals surface area contributed by atoms with Gasteiger partial charge in [0.25, 0.3) is 0 Å². The molecule has 1 aromatic rings. The lowest BCUT2D eigenvalue weighted by Crippen LogP contribution is -2.50. The highest BCUT2D eigenvalue weighted by Gasteiger charge is 2.23. The Balaban J connectivity index is 1.67. The van der Waals surface area contributed by atoms with Gasteiger partial charge in [-0.2, -0.15) is 0 Å². The van der Waals surface area contributed by atoms with Gasteiger partial charge in [-0.1, -0.05) is 12.1 Å². The summed E-state index contributed by atoms with van der Waals surface area (Å²) in [7, 11) is 1.62. The van der Waals surface area contributed by atoms with Crippen LogP contribution in [0.15, 0.2) is 24.3 Å². The van der Waals surface area contributed by atoms with Crippen LogP contribution in [0, 0.1) is 0 Å². The average Bonchev–Trinajstić information content (AvgIpc) is 2.69. The number of carboxylic acid groups (broad SMARTS) is 1. The van der Waals surface area contributed by atoms with Crippen LogP contribution < -0.4 is 4.74 Å². The monoisotopic (exact) mass is 376 g/mol. The fourth-order valence-electron chi connectivity index (χ4n) is 3.12. The summed E-state index contributed by atoms with van der Waals surface area (Å²) >= 11 is 0. The van der Waals surface area contributed by atoms with Crippen molar-refractivity contribution in [3.05, 3.63) is 29.8 Å². The molecule has 0 aromatic heterocycles. The van der Waals surface area contributed by atoms with Gasteiger partial charge in [0.05, 0.1) is 7.11 Å². The first-order valence-electron chi connectivity index (χ1n) is 9.40. The van der Waals surface area contributed by atoms with E-state index in [9.17, 15) is 14.4 Å². The lowest BCUT2D eigenvalue weighted by Gasteiger charge is -2.35. The SMILES string of the molecule is COc1ccc(CCC(=O)N2CCN(C(=O)CCCCC(=O)O)CC2)cc1. The Bertz CT molecular complexity index is 636. The molecular formula is C20H28N2O5. The Labute approximate surface area is 159 Å². The summed E-state index contributed by atoms with van der Waals surface area (Å²) in [5.41, 5.74) is 1.10. The Hall–Kier alpha value is -2.57. The number of aliphatic carboxylic acids is 1. The maximum Gasteiger partial charge on any atom is 0.303 e. The van der Waals surface area contributed by atoms with Gasteiger partial charge in [-0.3, -0.25) is 14.4 Å². The minimum Gasteiger partial charge on any atom is -0.497 e. The van der Waals surface area contributed by atoms with E-state index in [1.807, 2.05) is 29.2 Å². The van der Waals surface area contributed by atoms with Crippen LogP contribution in [0.1, 0.15) is 37.7 Å². The predicted molar refractivity (Wildman–Crippen MR) is 101 cm³/mol. The van der Waals surface area contributed by atoms with Crippen molar-refractivity contribution in [2.45, 2.75) is 38.5 Å². The Morgan fingerprint density at radius 1 is 0.889 bits per heavy atom. The number of unbranched alkanes of at least 4 members (excludes halogenated alkanes) is 1. The zero-order chi connectivity index (χ0) is 19.6. The predicted octanol–water partition coefficient (Wildman–Crippen LogP) is 1.94. The van der Waals surface area contributed by atoms with Crippen LogP contribution >= 0.6 is 0 Å². The van der Waals surface area contributed by atoms with Crippen LogP contribution in [-0.4, -0.2) is 66.0 Å². The van der Waals surface area contributed by atoms with Gasteiger partial charge in [0.2, 0.25) is 11.8 Å². The second-order valence-electron chi connectivity index (χ2n) is 6.71. The first kappa shape index (κ1) is 20.7. The van der Waals surface area contributed by atoms with Gasteiger partial charge in [-0.05, 0) is 37.0 Å². The lowest BCUT2D eigenvalue weighted by molar-refractivity contribution is -0.139. The number of carbonyl (C=O) groups is 3. The molecule has 1 aliphatic heterocycles. The van der Waals surface area contributed by atoms with Crippen molar-refractivity contribution in [2.24, 2.45) is 0 Å². The molecule has 1 heterocycles. The van der Waals surface area contributed by atoms with Gasteiger partial charge in [0.15, 0.2) is 0 Å². The molecule has 0 radical (unpaired) electrons. The molecule has 1 saturated heterocycles. The minimum absolute atomic E-state index is 0.0470. The van der Waals surface area contributed by atoms with Gasteiger partial charge in [-0.15, -0.1) is 0 Å². The summed E-state index contributed by atoms with van der Waals surface area (Å²) in [6.07, 6.45) is 2.72. The van der Waals surface area contributed by atoms with E-state index in [1.165, 1.54) is 0 Å². The molecule has 1 N–H and O–H groups in total. The van der Waals surface area contributed by atoms with E-state index in [4.69, 9.17) is 9.84 Å². The summed E-state index contributed by atoms with van der Waals surface area (Å²) in [4.78, 5) is 38.6. The molecule has 0 saturated carbocycles. The lowest BCUT2D eigenvalue weighted by atomic mass is 10.1. The highest BCUT2D eigenvalue weighted by Crippen LogP contribution is 2.14. The third-order valence-electron chi connectivity index (χ3n) is 4.80. The van der Waals surface area contributed by atoms with Crippen LogP contribution in [0.2, 0.25) is 0 Å². The number of amides is 2. The van der Waals surface area contributed by atoms with Crippen molar-refractivity contribution in [1.82, 2.24) is 9.80 Å². The number of ether oxygens (including phenoxy) is 1. The number of nitrogens with zero attached hydrogens (tertiary/aromatic N) is 2. The van der Waals surface area contributed by atoms with Gasteiger partial charge in [0, 0.05) is 45.4 Å². The summed E-state index contributed by atoms with van der Waals surface area (Å²) < 4.78 is 5.13. The van der Waals surface area contributed by atoms with Crippen LogP contribution in [0.4, 0.5) is 0 Å². The number of carboxylic acids is 1. The first-order chi connectivity index (χ1) is 13.0. The molecule has 0 aliphatic carbocycles. The smallest absolute Gasteiger partial charge is 0.303 e. The molecule has 1 aliphatic rings. The maximum absolute atomic E-state index is 12.4. The second-order valence-corrected chi connectivity index (χ2v) is 6.71. The number of aryl methyl sites for hydroxylation is 1. The number of piperazine rings is 1. The highest BCUT2D eigenvalue weighted by molar-refractivity contribution is 5.78. The molecule has 7 nitrogen and oxygen atoms in total. The third-order valence-corrected chi connectivity index (χ3v) is 4.80. The quantitative estimate of drug-likeness (QED) is 0.666. The summed E-state index contributed by atoms with van der Waals surface area (Å²) in [6, 6.07) is 7.71. The molecule has 0 atom stereocenters. The van der Waals surface area contributed by atoms with Crippen LogP contribution in [0.25, 0.3) is 0 Å². The molecular weight excluding hydrogens is 348 g/mol. The van der Waals surface area contributed by atoms with Crippen molar-refractivity contribution in [3.63, 3.8) is 0 Å². The molecule has 0 bridgehead atoms. The molecule has 2 rings (SSSR count). The van der Waals surface area contributed by atoms with E-state index in [0.29, 0.717) is 58.3 Å². The summed E-state index contributed by atoms with van der Waals surface area (Å²) in [5, 5.41) is 8.61. The highest BCUT2D eigenvalue weighted by atomic mass is 16.5. The van der Waals surface area contributed by atoms with Crippen molar-refractivity contribution >= 4 is 17.8 Å². The molecule has 0 spiro atoms. The van der Waals surface area contributed by atoms with Crippen molar-refractivity contribution in [1.29, 1.82) is 0 Å². The van der Waals surface area contributed by atoms with Crippen LogP contribution in [-0.2, 0) is 20.8 Å². The van der Waals surface area contributed by atoms with Crippen molar-refractivity contribution < 1.29 is 24.2 Å². The van der Waals surface area contributed by atoms with E-state index < -0.39 is 5.97 Å². The fourth-order valence-corrected chi connectivity index (χ4v) is 3.12. The number of rotatable bonds is 9. The Morgan fingerprint density at radius 2 is 1.41 bits per heavy atom. The molecule has 7 heteroatoms. The summed E-state index contributed by atoms with van der Waals surface area (Å²) in [6.45, 7) is 2.21. The van der Waals surface area contributed by atoms with E-state index in [1.54, 1.807) is 12.0 Å². The Kier molecular flexibility index (Phi) is 8.10. The molecule has 1 fully saturated rings. The molecule has 1 aromatic carbocycles. The topological polar surface area (TPSA) is 87.2 Å². The molecule has 148 valence electrons. The number of carbonyl (C=O) groups excluding carboxylic acids is 2. The van der Waals surface area contributed by atoms with E-state index in [-0.39, 0.29) is 18.2 Å².